The maximum atomic E-state index is 13.2. The maximum Gasteiger partial charge on any atom is 0.417 e. The minimum atomic E-state index is -4.57. The van der Waals surface area contributed by atoms with Crippen molar-refractivity contribution in [2.45, 2.75) is 25.6 Å². The number of aromatic nitrogens is 1. The Hall–Kier alpha value is -2.89. The Bertz CT molecular complexity index is 1100. The van der Waals surface area contributed by atoms with Crippen molar-refractivity contribution in [3.63, 3.8) is 0 Å². The van der Waals surface area contributed by atoms with Gasteiger partial charge in [0.2, 0.25) is 11.8 Å². The van der Waals surface area contributed by atoms with E-state index in [4.69, 9.17) is 21.2 Å². The van der Waals surface area contributed by atoms with Crippen LogP contribution >= 0.6 is 11.6 Å². The monoisotopic (exact) mass is 500 g/mol. The number of hydrogen-bond donors (Lipinski definition) is 1. The molecule has 34 heavy (non-hydrogen) atoms. The van der Waals surface area contributed by atoms with Gasteiger partial charge in [-0.3, -0.25) is 14.5 Å². The van der Waals surface area contributed by atoms with Gasteiger partial charge in [0.15, 0.2) is 5.71 Å². The summed E-state index contributed by atoms with van der Waals surface area (Å²) in [6.07, 6.45) is -3.75. The normalized spacial score (nSPS) is 31.3. The van der Waals surface area contributed by atoms with Gasteiger partial charge in [0.25, 0.3) is 0 Å². The summed E-state index contributed by atoms with van der Waals surface area (Å²) in [6, 6.07) is 0.757. The first-order valence-corrected chi connectivity index (χ1v) is 11.2. The minimum absolute atomic E-state index is 0.00183. The third kappa shape index (κ3) is 3.41. The molecule has 1 aromatic heterocycles. The fraction of sp³-hybridized carbons (Fsp3) is 0.571. The summed E-state index contributed by atoms with van der Waals surface area (Å²) in [5, 5.41) is 6.45. The lowest BCUT2D eigenvalue weighted by atomic mass is 9.72. The molecular weight excluding hydrogens is 481 g/mol. The molecule has 4 aliphatic rings. The number of amides is 2. The first-order valence-electron chi connectivity index (χ1n) is 10.9. The van der Waals surface area contributed by atoms with Gasteiger partial charge in [0.1, 0.15) is 11.9 Å². The van der Waals surface area contributed by atoms with Gasteiger partial charge in [-0.2, -0.15) is 13.2 Å². The minimum Gasteiger partial charge on any atom is -0.461 e. The van der Waals surface area contributed by atoms with Crippen molar-refractivity contribution in [2.75, 3.05) is 25.0 Å². The standard InChI is InChI=1S/C21H20ClF3N4O5/c1-2-33-20(32)15-14-9-6-10(16(14)34-28-15)13-12(9)18(30)29(19(13)31)4-3-26-17-11(22)5-8(7-27-17)21(23,24)25/h5,7,9-10,12-14,16H,2-4,6H2,1H3,(H,26,27)/t9-,10+,12-,13+,14-,16-/m1/s1. The molecule has 2 bridgehead atoms. The molecular formula is C21H20ClF3N4O5. The summed E-state index contributed by atoms with van der Waals surface area (Å²) in [4.78, 5) is 48.8. The predicted octanol–water partition coefficient (Wildman–Crippen LogP) is 2.35. The summed E-state index contributed by atoms with van der Waals surface area (Å²) in [7, 11) is 0. The van der Waals surface area contributed by atoms with Gasteiger partial charge in [-0.05, 0) is 25.3 Å². The summed E-state index contributed by atoms with van der Waals surface area (Å²) < 4.78 is 43.4. The molecule has 182 valence electrons. The van der Waals surface area contributed by atoms with E-state index in [1.54, 1.807) is 6.92 Å². The summed E-state index contributed by atoms with van der Waals surface area (Å²) in [5.41, 5.74) is -0.809. The van der Waals surface area contributed by atoms with Crippen LogP contribution in [0.25, 0.3) is 0 Å². The summed E-state index contributed by atoms with van der Waals surface area (Å²) in [5.74, 6) is -3.15. The number of carbonyl (C=O) groups is 3. The number of anilines is 1. The number of nitrogens with one attached hydrogen (secondary N) is 1. The molecule has 1 saturated heterocycles. The van der Waals surface area contributed by atoms with Gasteiger partial charge in [-0.1, -0.05) is 16.8 Å². The Kier molecular flexibility index (Phi) is 5.45. The molecule has 0 spiro atoms. The highest BCUT2D eigenvalue weighted by atomic mass is 35.5. The molecule has 2 saturated carbocycles. The molecule has 2 aliphatic heterocycles. The van der Waals surface area contributed by atoms with Crippen molar-refractivity contribution < 1.29 is 37.1 Å². The number of likely N-dealkylation sites (tertiary alicyclic amines) is 1. The van der Waals surface area contributed by atoms with Gasteiger partial charge < -0.3 is 14.9 Å². The van der Waals surface area contributed by atoms with E-state index >= 15 is 0 Å². The van der Waals surface area contributed by atoms with Crippen LogP contribution in [0.3, 0.4) is 0 Å². The molecule has 0 aromatic carbocycles. The topological polar surface area (TPSA) is 110 Å². The van der Waals surface area contributed by atoms with Crippen molar-refractivity contribution in [2.24, 2.45) is 34.7 Å². The van der Waals surface area contributed by atoms with Crippen LogP contribution in [0, 0.1) is 29.6 Å². The number of rotatable bonds is 6. The van der Waals surface area contributed by atoms with Crippen molar-refractivity contribution in [3.05, 3.63) is 22.8 Å². The number of halogens is 4. The number of hydrogen-bond acceptors (Lipinski definition) is 8. The largest absolute Gasteiger partial charge is 0.461 e. The molecule has 2 amide bonds. The summed E-state index contributed by atoms with van der Waals surface area (Å²) in [6.45, 7) is 1.92. The number of fused-ring (bicyclic) bond motifs is 8. The van der Waals surface area contributed by atoms with Gasteiger partial charge >= 0.3 is 12.1 Å². The first-order chi connectivity index (χ1) is 16.1. The zero-order valence-corrected chi connectivity index (χ0v) is 18.6. The smallest absolute Gasteiger partial charge is 0.417 e. The van der Waals surface area contributed by atoms with Gasteiger partial charge in [-0.15, -0.1) is 0 Å². The lowest BCUT2D eigenvalue weighted by Crippen LogP contribution is -2.42. The molecule has 3 fully saturated rings. The van der Waals surface area contributed by atoms with Gasteiger partial charge in [0, 0.05) is 25.2 Å². The molecule has 9 nitrogen and oxygen atoms in total. The predicted molar refractivity (Wildman–Crippen MR) is 110 cm³/mol. The highest BCUT2D eigenvalue weighted by Crippen LogP contribution is 2.61. The second-order valence-electron chi connectivity index (χ2n) is 8.71. The van der Waals surface area contributed by atoms with Crippen molar-refractivity contribution in [3.8, 4) is 0 Å². The van der Waals surface area contributed by atoms with Crippen molar-refractivity contribution in [1.82, 2.24) is 9.88 Å². The lowest BCUT2D eigenvalue weighted by molar-refractivity contribution is -0.141. The molecule has 13 heteroatoms. The molecule has 6 atom stereocenters. The average Bonchev–Trinajstić information content (AvgIpc) is 3.50. The quantitative estimate of drug-likeness (QED) is 0.471. The third-order valence-electron chi connectivity index (χ3n) is 7.06. The third-order valence-corrected chi connectivity index (χ3v) is 7.35. The highest BCUT2D eigenvalue weighted by molar-refractivity contribution is 6.38. The van der Waals surface area contributed by atoms with E-state index in [2.05, 4.69) is 15.5 Å². The fourth-order valence-electron chi connectivity index (χ4n) is 5.79. The zero-order valence-electron chi connectivity index (χ0n) is 17.8. The fourth-order valence-corrected chi connectivity index (χ4v) is 6.02. The van der Waals surface area contributed by atoms with E-state index in [0.29, 0.717) is 12.6 Å². The zero-order chi connectivity index (χ0) is 24.4. The Labute approximate surface area is 196 Å². The summed E-state index contributed by atoms with van der Waals surface area (Å²) >= 11 is 5.89. The van der Waals surface area contributed by atoms with E-state index in [0.717, 1.165) is 11.0 Å². The van der Waals surface area contributed by atoms with Gasteiger partial charge in [-0.25, -0.2) is 9.78 Å². The number of imide groups is 1. The Balaban J connectivity index is 1.25. The maximum absolute atomic E-state index is 13.2. The number of alkyl halides is 3. The van der Waals surface area contributed by atoms with Crippen LogP contribution in [0.2, 0.25) is 5.02 Å². The average molecular weight is 501 g/mol. The molecule has 2 aliphatic carbocycles. The van der Waals surface area contributed by atoms with Crippen molar-refractivity contribution >= 4 is 40.9 Å². The number of nitrogens with zero attached hydrogens (tertiary/aromatic N) is 3. The second kappa shape index (κ2) is 8.10. The SMILES string of the molecule is CCOC(=O)C1=NO[C@@H]2[C@H]3C[C@H]([C@H]4C(=O)N(CCNc5ncc(C(F)(F)F)cc5Cl)C(=O)[C@@H]34)[C@H]12. The molecule has 3 heterocycles. The number of ether oxygens (including phenoxy) is 1. The number of pyridine rings is 1. The Morgan fingerprint density at radius 1 is 1.26 bits per heavy atom. The van der Waals surface area contributed by atoms with Crippen LogP contribution in [0.5, 0.6) is 0 Å². The van der Waals surface area contributed by atoms with Crippen LogP contribution in [0.15, 0.2) is 17.4 Å². The lowest BCUT2D eigenvalue weighted by Gasteiger charge is -2.29. The van der Waals surface area contributed by atoms with Crippen molar-refractivity contribution in [1.29, 1.82) is 0 Å². The molecule has 0 radical (unpaired) electrons. The molecule has 0 unspecified atom stereocenters. The van der Waals surface area contributed by atoms with E-state index in [-0.39, 0.29) is 65.8 Å². The van der Waals surface area contributed by atoms with Crippen LogP contribution in [0.4, 0.5) is 19.0 Å². The Morgan fingerprint density at radius 3 is 2.62 bits per heavy atom. The van der Waals surface area contributed by atoms with Crippen LogP contribution in [-0.2, 0) is 30.1 Å². The molecule has 1 aromatic rings. The highest BCUT2D eigenvalue weighted by Gasteiger charge is 2.70. The molecule has 5 rings (SSSR count). The Morgan fingerprint density at radius 2 is 1.97 bits per heavy atom. The van der Waals surface area contributed by atoms with E-state index in [1.165, 1.54) is 0 Å². The van der Waals surface area contributed by atoms with Crippen LogP contribution in [0.1, 0.15) is 18.9 Å². The van der Waals surface area contributed by atoms with E-state index < -0.39 is 35.6 Å². The van der Waals surface area contributed by atoms with Crippen LogP contribution < -0.4 is 5.32 Å². The number of oxime groups is 1. The second-order valence-corrected chi connectivity index (χ2v) is 9.12. The number of esters is 1. The number of carbonyl (C=O) groups excluding carboxylic acids is 3. The molecule has 1 N–H and O–H groups in total. The van der Waals surface area contributed by atoms with Gasteiger partial charge in [0.05, 0.1) is 34.9 Å². The first kappa shape index (κ1) is 22.9. The van der Waals surface area contributed by atoms with Crippen LogP contribution in [-0.4, -0.2) is 59.2 Å². The van der Waals surface area contributed by atoms with E-state index in [1.807, 2.05) is 0 Å². The van der Waals surface area contributed by atoms with E-state index in [9.17, 15) is 27.6 Å².